The monoisotopic (exact) mass is 361 g/mol. The molecule has 0 bridgehead atoms. The van der Waals surface area contributed by atoms with Gasteiger partial charge in [-0.3, -0.25) is 4.79 Å². The van der Waals surface area contributed by atoms with Crippen molar-refractivity contribution in [3.8, 4) is 11.5 Å². The summed E-state index contributed by atoms with van der Waals surface area (Å²) < 4.78 is 5.80. The van der Waals surface area contributed by atoms with Crippen LogP contribution in [0.4, 0.5) is 0 Å². The van der Waals surface area contributed by atoms with Crippen molar-refractivity contribution in [2.24, 2.45) is 0 Å². The average molecular weight is 361 g/mol. The number of aliphatic hydroxyl groups excluding tert-OH is 2. The third kappa shape index (κ3) is 4.45. The molecule has 0 radical (unpaired) electrons. The standard InChI is InChI=1S/C20H27NO5/c1-3-6-16(14(2)11-22)20(25)21-10-5-7-15(21)13-26-19-9-4-8-18(24)17(19)12-23/h3-4,6,8-9,15,22-24H,5,7,10-13H2,1-2H3/b6-3-,16-14-/t15-/m0/s1. The fraction of sp³-hybridized carbons (Fsp3) is 0.450. The quantitative estimate of drug-likeness (QED) is 0.511. The van der Waals surface area contributed by atoms with E-state index >= 15 is 0 Å². The van der Waals surface area contributed by atoms with Gasteiger partial charge in [0.2, 0.25) is 0 Å². The third-order valence-corrected chi connectivity index (χ3v) is 4.60. The lowest BCUT2D eigenvalue weighted by molar-refractivity contribution is -0.128. The highest BCUT2D eigenvalue weighted by atomic mass is 16.5. The number of nitrogens with zero attached hydrogens (tertiary/aromatic N) is 1. The highest BCUT2D eigenvalue weighted by molar-refractivity contribution is 5.97. The van der Waals surface area contributed by atoms with Crippen molar-refractivity contribution in [1.82, 2.24) is 4.90 Å². The van der Waals surface area contributed by atoms with Gasteiger partial charge < -0.3 is 25.0 Å². The van der Waals surface area contributed by atoms with E-state index in [0.717, 1.165) is 12.8 Å². The number of amides is 1. The van der Waals surface area contributed by atoms with Crippen LogP contribution in [0.1, 0.15) is 32.3 Å². The minimum atomic E-state index is -0.320. The van der Waals surface area contributed by atoms with Crippen LogP contribution >= 0.6 is 0 Å². The summed E-state index contributed by atoms with van der Waals surface area (Å²) in [4.78, 5) is 14.7. The summed E-state index contributed by atoms with van der Waals surface area (Å²) in [7, 11) is 0. The zero-order valence-corrected chi connectivity index (χ0v) is 15.3. The van der Waals surface area contributed by atoms with Crippen LogP contribution in [-0.4, -0.2) is 51.9 Å². The second-order valence-corrected chi connectivity index (χ2v) is 6.37. The third-order valence-electron chi connectivity index (χ3n) is 4.60. The molecule has 1 fully saturated rings. The van der Waals surface area contributed by atoms with Gasteiger partial charge in [0.15, 0.2) is 0 Å². The van der Waals surface area contributed by atoms with E-state index in [1.807, 2.05) is 6.92 Å². The molecule has 2 rings (SSSR count). The van der Waals surface area contributed by atoms with Crippen molar-refractivity contribution in [3.63, 3.8) is 0 Å². The molecule has 1 atom stereocenters. The maximum absolute atomic E-state index is 12.9. The molecule has 6 nitrogen and oxygen atoms in total. The number of allylic oxidation sites excluding steroid dienone is 1. The Hall–Kier alpha value is -2.31. The van der Waals surface area contributed by atoms with Crippen LogP contribution < -0.4 is 4.74 Å². The lowest BCUT2D eigenvalue weighted by Crippen LogP contribution is -2.40. The fourth-order valence-corrected chi connectivity index (χ4v) is 3.11. The van der Waals surface area contributed by atoms with Gasteiger partial charge in [0, 0.05) is 12.1 Å². The van der Waals surface area contributed by atoms with E-state index in [-0.39, 0.29) is 37.5 Å². The fourth-order valence-electron chi connectivity index (χ4n) is 3.11. The summed E-state index contributed by atoms with van der Waals surface area (Å²) in [5.41, 5.74) is 1.49. The molecule has 1 saturated heterocycles. The van der Waals surface area contributed by atoms with E-state index < -0.39 is 0 Å². The summed E-state index contributed by atoms with van der Waals surface area (Å²) >= 11 is 0. The van der Waals surface area contributed by atoms with E-state index in [2.05, 4.69) is 0 Å². The molecule has 0 saturated carbocycles. The molecule has 0 spiro atoms. The Morgan fingerprint density at radius 2 is 2.15 bits per heavy atom. The molecule has 26 heavy (non-hydrogen) atoms. The van der Waals surface area contributed by atoms with E-state index in [4.69, 9.17) is 4.74 Å². The number of hydrogen-bond donors (Lipinski definition) is 3. The Kier molecular flexibility index (Phi) is 7.24. The van der Waals surface area contributed by atoms with E-state index in [1.165, 1.54) is 6.07 Å². The summed E-state index contributed by atoms with van der Waals surface area (Å²) in [6.45, 7) is 4.02. The number of ether oxygens (including phenoxy) is 1. The molecule has 1 heterocycles. The molecule has 0 aromatic heterocycles. The number of aromatic hydroxyl groups is 1. The predicted molar refractivity (Wildman–Crippen MR) is 98.9 cm³/mol. The zero-order chi connectivity index (χ0) is 19.1. The Morgan fingerprint density at radius 3 is 2.81 bits per heavy atom. The van der Waals surface area contributed by atoms with Gasteiger partial charge in [-0.2, -0.15) is 0 Å². The Bertz CT molecular complexity index is 695. The molecule has 1 aliphatic heterocycles. The van der Waals surface area contributed by atoms with Crippen LogP contribution in [0.3, 0.4) is 0 Å². The van der Waals surface area contributed by atoms with E-state index in [9.17, 15) is 20.1 Å². The molecule has 0 unspecified atom stereocenters. The van der Waals surface area contributed by atoms with Gasteiger partial charge in [-0.25, -0.2) is 0 Å². The zero-order valence-electron chi connectivity index (χ0n) is 15.3. The number of hydrogen-bond acceptors (Lipinski definition) is 5. The maximum atomic E-state index is 12.9. The van der Waals surface area contributed by atoms with Crippen LogP contribution in [-0.2, 0) is 11.4 Å². The molecule has 1 aromatic rings. The number of rotatable bonds is 7. The predicted octanol–water partition coefficient (Wildman–Crippen LogP) is 2.14. The molecule has 1 amide bonds. The lowest BCUT2D eigenvalue weighted by Gasteiger charge is -2.26. The first-order valence-electron chi connectivity index (χ1n) is 8.82. The summed E-state index contributed by atoms with van der Waals surface area (Å²) in [6, 6.07) is 4.74. The molecule has 6 heteroatoms. The SMILES string of the molecule is C/C=C\C(C(=O)N1CCC[C@H]1COc1cccc(O)c1CO)=C(/C)CO. The van der Waals surface area contributed by atoms with Gasteiger partial charge in [-0.15, -0.1) is 0 Å². The highest BCUT2D eigenvalue weighted by Crippen LogP contribution is 2.29. The van der Waals surface area contributed by atoms with Crippen LogP contribution in [0.5, 0.6) is 11.5 Å². The summed E-state index contributed by atoms with van der Waals surface area (Å²) in [6.07, 6.45) is 5.21. The Balaban J connectivity index is 2.13. The van der Waals surface area contributed by atoms with Crippen LogP contribution in [0.2, 0.25) is 0 Å². The normalized spacial score (nSPS) is 18.3. The second kappa shape index (κ2) is 9.40. The second-order valence-electron chi connectivity index (χ2n) is 6.37. The van der Waals surface area contributed by atoms with Crippen molar-refractivity contribution in [2.75, 3.05) is 19.8 Å². The molecular formula is C20H27NO5. The van der Waals surface area contributed by atoms with Gasteiger partial charge in [0.25, 0.3) is 5.91 Å². The van der Waals surface area contributed by atoms with Gasteiger partial charge in [0.05, 0.1) is 24.8 Å². The topological polar surface area (TPSA) is 90.2 Å². The number of carbonyl (C=O) groups is 1. The van der Waals surface area contributed by atoms with E-state index in [1.54, 1.807) is 36.1 Å². The van der Waals surface area contributed by atoms with Crippen LogP contribution in [0, 0.1) is 0 Å². The van der Waals surface area contributed by atoms with Crippen LogP contribution in [0.25, 0.3) is 0 Å². The van der Waals surface area contributed by atoms with Gasteiger partial charge in [0.1, 0.15) is 18.1 Å². The Labute approximate surface area is 154 Å². The number of carbonyl (C=O) groups excluding carboxylic acids is 1. The molecular weight excluding hydrogens is 334 g/mol. The highest BCUT2D eigenvalue weighted by Gasteiger charge is 2.31. The largest absolute Gasteiger partial charge is 0.507 e. The number of benzene rings is 1. The first-order chi connectivity index (χ1) is 12.5. The number of phenols is 1. The first kappa shape index (κ1) is 20.0. The van der Waals surface area contributed by atoms with Crippen LogP contribution in [0.15, 0.2) is 41.5 Å². The number of likely N-dealkylation sites (tertiary alicyclic amines) is 1. The smallest absolute Gasteiger partial charge is 0.254 e. The van der Waals surface area contributed by atoms with Crippen molar-refractivity contribution in [1.29, 1.82) is 0 Å². The van der Waals surface area contributed by atoms with Crippen molar-refractivity contribution < 1.29 is 24.9 Å². The van der Waals surface area contributed by atoms with Crippen molar-refractivity contribution in [3.05, 3.63) is 47.1 Å². The maximum Gasteiger partial charge on any atom is 0.254 e. The van der Waals surface area contributed by atoms with Gasteiger partial charge in [-0.05, 0) is 44.4 Å². The summed E-state index contributed by atoms with van der Waals surface area (Å²) in [5, 5.41) is 28.6. The Morgan fingerprint density at radius 1 is 1.38 bits per heavy atom. The summed E-state index contributed by atoms with van der Waals surface area (Å²) in [5.74, 6) is 0.294. The van der Waals surface area contributed by atoms with Gasteiger partial charge >= 0.3 is 0 Å². The molecule has 142 valence electrons. The molecule has 1 aromatic carbocycles. The van der Waals surface area contributed by atoms with Gasteiger partial charge in [-0.1, -0.05) is 18.2 Å². The average Bonchev–Trinajstić information content (AvgIpc) is 3.11. The molecule has 1 aliphatic rings. The lowest BCUT2D eigenvalue weighted by atomic mass is 10.1. The minimum Gasteiger partial charge on any atom is -0.507 e. The number of aliphatic hydroxyl groups is 2. The molecule has 3 N–H and O–H groups in total. The van der Waals surface area contributed by atoms with Crippen molar-refractivity contribution in [2.45, 2.75) is 39.3 Å². The minimum absolute atomic E-state index is 0.0128. The molecule has 0 aliphatic carbocycles. The van der Waals surface area contributed by atoms with Crippen molar-refractivity contribution >= 4 is 5.91 Å². The first-order valence-corrected chi connectivity index (χ1v) is 8.82. The van der Waals surface area contributed by atoms with E-state index in [0.29, 0.717) is 29.0 Å².